The number of fused-ring (bicyclic) bond motifs is 1. The van der Waals surface area contributed by atoms with Crippen molar-refractivity contribution in [1.29, 1.82) is 0 Å². The van der Waals surface area contributed by atoms with E-state index in [1.165, 1.54) is 0 Å². The lowest BCUT2D eigenvalue weighted by molar-refractivity contribution is 0.570. The number of para-hydroxylation sites is 1. The third-order valence-corrected chi connectivity index (χ3v) is 3.57. The molecule has 0 aliphatic rings. The molecule has 0 radical (unpaired) electrons. The second kappa shape index (κ2) is 4.93. The molecule has 0 aliphatic heterocycles. The van der Waals surface area contributed by atoms with Gasteiger partial charge < -0.3 is 10.2 Å². The van der Waals surface area contributed by atoms with Gasteiger partial charge in [-0.25, -0.2) is 0 Å². The van der Waals surface area contributed by atoms with Crippen molar-refractivity contribution in [3.63, 3.8) is 0 Å². The first-order chi connectivity index (χ1) is 7.70. The quantitative estimate of drug-likeness (QED) is 0.881. The zero-order valence-corrected chi connectivity index (χ0v) is 10.5. The zero-order chi connectivity index (χ0) is 11.5. The van der Waals surface area contributed by atoms with E-state index in [1.54, 1.807) is 0 Å². The zero-order valence-electron chi connectivity index (χ0n) is 9.69. The van der Waals surface area contributed by atoms with Crippen LogP contribution in [0.4, 0.5) is 0 Å². The Morgan fingerprint density at radius 1 is 1.38 bits per heavy atom. The van der Waals surface area contributed by atoms with Crippen molar-refractivity contribution in [1.82, 2.24) is 0 Å². The number of rotatable bonds is 4. The van der Waals surface area contributed by atoms with E-state index in [0.717, 1.165) is 28.0 Å². The molecule has 2 N–H and O–H groups in total. The summed E-state index contributed by atoms with van der Waals surface area (Å²) in [6.07, 6.45) is 0. The third-order valence-electron chi connectivity index (χ3n) is 2.46. The van der Waals surface area contributed by atoms with Crippen molar-refractivity contribution in [3.8, 4) is 0 Å². The Bertz CT molecular complexity index is 476. The van der Waals surface area contributed by atoms with Gasteiger partial charge in [0.2, 0.25) is 0 Å². The van der Waals surface area contributed by atoms with Crippen molar-refractivity contribution in [3.05, 3.63) is 35.6 Å². The summed E-state index contributed by atoms with van der Waals surface area (Å²) in [6, 6.07) is 8.23. The summed E-state index contributed by atoms with van der Waals surface area (Å²) in [5.74, 6) is 1.96. The van der Waals surface area contributed by atoms with Crippen molar-refractivity contribution < 1.29 is 4.42 Å². The maximum atomic E-state index is 5.84. The first-order valence-corrected chi connectivity index (χ1v) is 6.57. The van der Waals surface area contributed by atoms with E-state index >= 15 is 0 Å². The summed E-state index contributed by atoms with van der Waals surface area (Å²) in [7, 11) is 0. The molecule has 0 aliphatic carbocycles. The van der Waals surface area contributed by atoms with Crippen LogP contribution in [0.1, 0.15) is 25.2 Å². The van der Waals surface area contributed by atoms with E-state index in [4.69, 9.17) is 10.2 Å². The maximum Gasteiger partial charge on any atom is 0.138 e. The van der Waals surface area contributed by atoms with Gasteiger partial charge >= 0.3 is 0 Å². The van der Waals surface area contributed by atoms with Gasteiger partial charge in [-0.1, -0.05) is 32.0 Å². The number of furan rings is 1. The lowest BCUT2D eigenvalue weighted by atomic mass is 10.1. The molecule has 86 valence electrons. The van der Waals surface area contributed by atoms with Crippen LogP contribution in [0.2, 0.25) is 0 Å². The molecular weight excluding hydrogens is 218 g/mol. The molecule has 0 amide bonds. The molecule has 0 saturated carbocycles. The minimum absolute atomic E-state index is 0.529. The van der Waals surface area contributed by atoms with Crippen LogP contribution in [0.3, 0.4) is 0 Å². The lowest BCUT2D eigenvalue weighted by Crippen LogP contribution is -1.95. The van der Waals surface area contributed by atoms with Crippen LogP contribution in [0, 0.1) is 0 Å². The minimum atomic E-state index is 0.529. The van der Waals surface area contributed by atoms with E-state index < -0.39 is 0 Å². The highest BCUT2D eigenvalue weighted by molar-refractivity contribution is 7.99. The van der Waals surface area contributed by atoms with E-state index in [2.05, 4.69) is 26.0 Å². The Hall–Kier alpha value is -0.930. The third kappa shape index (κ3) is 2.42. The summed E-state index contributed by atoms with van der Waals surface area (Å²) >= 11 is 1.89. The molecule has 1 heterocycles. The van der Waals surface area contributed by atoms with Crippen molar-refractivity contribution >= 4 is 22.7 Å². The average Bonchev–Trinajstić information content (AvgIpc) is 2.68. The van der Waals surface area contributed by atoms with Gasteiger partial charge in [-0.05, 0) is 11.3 Å². The van der Waals surface area contributed by atoms with Gasteiger partial charge in [-0.15, -0.1) is 0 Å². The fourth-order valence-corrected chi connectivity index (χ4v) is 2.30. The summed E-state index contributed by atoms with van der Waals surface area (Å²) in [5.41, 5.74) is 7.71. The smallest absolute Gasteiger partial charge is 0.138 e. The first-order valence-electron chi connectivity index (χ1n) is 5.52. The highest BCUT2D eigenvalue weighted by Gasteiger charge is 2.07. The Morgan fingerprint density at radius 3 is 2.88 bits per heavy atom. The molecule has 0 fully saturated rings. The minimum Gasteiger partial charge on any atom is -0.460 e. The summed E-state index contributed by atoms with van der Waals surface area (Å²) < 4.78 is 5.84. The van der Waals surface area contributed by atoms with Crippen LogP contribution in [-0.4, -0.2) is 5.25 Å². The summed E-state index contributed by atoms with van der Waals surface area (Å²) in [4.78, 5) is 0. The maximum absolute atomic E-state index is 5.84. The second-order valence-electron chi connectivity index (χ2n) is 4.11. The van der Waals surface area contributed by atoms with Crippen molar-refractivity contribution in [2.75, 3.05) is 0 Å². The van der Waals surface area contributed by atoms with Gasteiger partial charge in [0.1, 0.15) is 11.3 Å². The number of nitrogens with two attached hydrogens (primary N) is 1. The molecule has 3 heteroatoms. The number of hydrogen-bond donors (Lipinski definition) is 1. The molecular formula is C13H17NOS. The van der Waals surface area contributed by atoms with Gasteiger partial charge in [0.15, 0.2) is 0 Å². The predicted molar refractivity (Wildman–Crippen MR) is 70.5 cm³/mol. The second-order valence-corrected chi connectivity index (χ2v) is 5.68. The first kappa shape index (κ1) is 11.6. The normalized spacial score (nSPS) is 11.5. The SMILES string of the molecule is CC(C)SCc1cc2cccc(CN)c2o1. The summed E-state index contributed by atoms with van der Waals surface area (Å²) in [6.45, 7) is 4.92. The molecule has 2 rings (SSSR count). The number of thioether (sulfide) groups is 1. The van der Waals surface area contributed by atoms with Crippen molar-refractivity contribution in [2.24, 2.45) is 5.73 Å². The molecule has 2 nitrogen and oxygen atoms in total. The molecule has 2 aromatic rings. The summed E-state index contributed by atoms with van der Waals surface area (Å²) in [5, 5.41) is 1.78. The fourth-order valence-electron chi connectivity index (χ4n) is 1.66. The van der Waals surface area contributed by atoms with Gasteiger partial charge in [0.25, 0.3) is 0 Å². The Morgan fingerprint density at radius 2 is 2.19 bits per heavy atom. The van der Waals surface area contributed by atoms with Crippen LogP contribution in [0.5, 0.6) is 0 Å². The van der Waals surface area contributed by atoms with Gasteiger partial charge in [-0.2, -0.15) is 11.8 Å². The van der Waals surface area contributed by atoms with Crippen LogP contribution in [0.15, 0.2) is 28.7 Å². The lowest BCUT2D eigenvalue weighted by Gasteiger charge is -2.01. The highest BCUT2D eigenvalue weighted by Crippen LogP contribution is 2.26. The molecule has 1 aromatic heterocycles. The number of benzene rings is 1. The van der Waals surface area contributed by atoms with Crippen LogP contribution in [0.25, 0.3) is 11.0 Å². The van der Waals surface area contributed by atoms with Crippen LogP contribution < -0.4 is 5.73 Å². The van der Waals surface area contributed by atoms with E-state index in [0.29, 0.717) is 11.8 Å². The molecule has 16 heavy (non-hydrogen) atoms. The monoisotopic (exact) mass is 235 g/mol. The van der Waals surface area contributed by atoms with Crippen LogP contribution >= 0.6 is 11.8 Å². The van der Waals surface area contributed by atoms with Crippen molar-refractivity contribution in [2.45, 2.75) is 31.4 Å². The van der Waals surface area contributed by atoms with Gasteiger partial charge in [-0.3, -0.25) is 0 Å². The molecule has 0 unspecified atom stereocenters. The highest BCUT2D eigenvalue weighted by atomic mass is 32.2. The molecule has 0 saturated heterocycles. The van der Waals surface area contributed by atoms with E-state index in [-0.39, 0.29) is 0 Å². The standard InChI is InChI=1S/C13H17NOS/c1-9(2)16-8-12-6-10-4-3-5-11(7-14)13(10)15-12/h3-6,9H,7-8,14H2,1-2H3. The average molecular weight is 235 g/mol. The molecule has 0 spiro atoms. The predicted octanol–water partition coefficient (Wildman–Crippen LogP) is 3.53. The van der Waals surface area contributed by atoms with Gasteiger partial charge in [0, 0.05) is 17.5 Å². The van der Waals surface area contributed by atoms with E-state index in [9.17, 15) is 0 Å². The van der Waals surface area contributed by atoms with E-state index in [1.807, 2.05) is 23.9 Å². The molecule has 0 atom stereocenters. The van der Waals surface area contributed by atoms with Crippen LogP contribution in [-0.2, 0) is 12.3 Å². The Labute approximate surface area is 100 Å². The van der Waals surface area contributed by atoms with Gasteiger partial charge in [0.05, 0.1) is 5.75 Å². The largest absolute Gasteiger partial charge is 0.460 e. The molecule has 1 aromatic carbocycles. The fraction of sp³-hybridized carbons (Fsp3) is 0.385. The number of hydrogen-bond acceptors (Lipinski definition) is 3. The Kier molecular flexibility index (Phi) is 3.56. The topological polar surface area (TPSA) is 39.2 Å². The Balaban J connectivity index is 2.29. The molecule has 0 bridgehead atoms.